The molecule has 0 radical (unpaired) electrons. The summed E-state index contributed by atoms with van der Waals surface area (Å²) in [5.41, 5.74) is 4.37. The van der Waals surface area contributed by atoms with Crippen molar-refractivity contribution in [3.63, 3.8) is 0 Å². The number of ether oxygens (including phenoxy) is 2. The molecule has 196 valence electrons. The number of rotatable bonds is 6. The van der Waals surface area contributed by atoms with Crippen molar-refractivity contribution < 1.29 is 26.9 Å². The Kier molecular flexibility index (Phi) is 8.07. The van der Waals surface area contributed by atoms with Crippen LogP contribution in [0.4, 0.5) is 0 Å². The van der Waals surface area contributed by atoms with Gasteiger partial charge < -0.3 is 13.7 Å². The lowest BCUT2D eigenvalue weighted by molar-refractivity contribution is -0.141. The van der Waals surface area contributed by atoms with Gasteiger partial charge in [0.15, 0.2) is 0 Å². The lowest BCUT2D eigenvalue weighted by atomic mass is 9.87. The van der Waals surface area contributed by atoms with Crippen molar-refractivity contribution in [3.05, 3.63) is 53.6 Å². The standard InChI is InChI=1S/C28H37NO6S/c1-20-18-23(8-9-26(20)24-6-5-7-25(19-24)34-28(2,3)4)21-10-14-29(15-11-21)36(31,32)35-27(30)22-12-16-33-17-13-22/h5-9,18-19,21-22H,10-17H2,1-4H3. The molecule has 0 amide bonds. The van der Waals surface area contributed by atoms with Crippen molar-refractivity contribution in [2.75, 3.05) is 26.3 Å². The zero-order chi connectivity index (χ0) is 25.9. The smallest absolute Gasteiger partial charge is 0.387 e. The Labute approximate surface area is 215 Å². The molecule has 0 aromatic heterocycles. The van der Waals surface area contributed by atoms with Gasteiger partial charge in [0.2, 0.25) is 0 Å². The molecule has 2 aromatic carbocycles. The Bertz CT molecular complexity index is 1170. The minimum absolute atomic E-state index is 0.256. The fourth-order valence-electron chi connectivity index (χ4n) is 4.92. The minimum Gasteiger partial charge on any atom is -0.488 e. The van der Waals surface area contributed by atoms with Crippen molar-refractivity contribution in [3.8, 4) is 16.9 Å². The maximum absolute atomic E-state index is 12.7. The molecule has 0 aliphatic carbocycles. The molecule has 2 aromatic rings. The molecule has 0 unspecified atom stereocenters. The predicted molar refractivity (Wildman–Crippen MR) is 139 cm³/mol. The molecule has 7 nitrogen and oxygen atoms in total. The first-order valence-corrected chi connectivity index (χ1v) is 14.1. The molecule has 36 heavy (non-hydrogen) atoms. The molecule has 2 heterocycles. The third-order valence-electron chi connectivity index (χ3n) is 6.80. The van der Waals surface area contributed by atoms with Crippen LogP contribution < -0.4 is 4.74 Å². The SMILES string of the molecule is Cc1cc(C2CCN(S(=O)(=O)OC(=O)C3CCOCC3)CC2)ccc1-c1cccc(OC(C)(C)C)c1. The van der Waals surface area contributed by atoms with Crippen LogP contribution >= 0.6 is 0 Å². The Balaban J connectivity index is 1.38. The summed E-state index contributed by atoms with van der Waals surface area (Å²) in [7, 11) is -4.07. The lowest BCUT2D eigenvalue weighted by Crippen LogP contribution is -2.41. The average Bonchev–Trinajstić information content (AvgIpc) is 2.83. The van der Waals surface area contributed by atoms with E-state index in [2.05, 4.69) is 37.3 Å². The molecule has 2 saturated heterocycles. The normalized spacial score (nSPS) is 18.7. The molecule has 0 spiro atoms. The van der Waals surface area contributed by atoms with E-state index in [1.807, 2.05) is 32.9 Å². The first-order chi connectivity index (χ1) is 17.0. The molecule has 2 aliphatic heterocycles. The Hall–Kier alpha value is -2.42. The van der Waals surface area contributed by atoms with Gasteiger partial charge in [-0.3, -0.25) is 4.79 Å². The fraction of sp³-hybridized carbons (Fsp3) is 0.536. The van der Waals surface area contributed by atoms with Gasteiger partial charge in [-0.1, -0.05) is 30.3 Å². The molecular formula is C28H37NO6S. The second-order valence-corrected chi connectivity index (χ2v) is 12.3. The van der Waals surface area contributed by atoms with E-state index in [4.69, 9.17) is 13.7 Å². The van der Waals surface area contributed by atoms with Crippen molar-refractivity contribution >= 4 is 16.3 Å². The van der Waals surface area contributed by atoms with E-state index in [0.29, 0.717) is 52.0 Å². The molecular weight excluding hydrogens is 478 g/mol. The van der Waals surface area contributed by atoms with E-state index < -0.39 is 22.2 Å². The number of hydrogen-bond donors (Lipinski definition) is 0. The summed E-state index contributed by atoms with van der Waals surface area (Å²) in [6, 6.07) is 14.6. The van der Waals surface area contributed by atoms with Gasteiger partial charge >= 0.3 is 16.3 Å². The maximum atomic E-state index is 12.7. The second kappa shape index (κ2) is 10.9. The number of benzene rings is 2. The summed E-state index contributed by atoms with van der Waals surface area (Å²) in [5, 5.41) is 0. The zero-order valence-corrected chi connectivity index (χ0v) is 22.5. The summed E-state index contributed by atoms with van der Waals surface area (Å²) in [6.07, 6.45) is 2.36. The van der Waals surface area contributed by atoms with Crippen LogP contribution in [0.1, 0.15) is 63.5 Å². The summed E-state index contributed by atoms with van der Waals surface area (Å²) >= 11 is 0. The van der Waals surface area contributed by atoms with Crippen LogP contribution in [0.25, 0.3) is 11.1 Å². The number of piperidine rings is 1. The van der Waals surface area contributed by atoms with Gasteiger partial charge in [0.1, 0.15) is 11.4 Å². The number of hydrogen-bond acceptors (Lipinski definition) is 6. The number of nitrogens with zero attached hydrogens (tertiary/aromatic N) is 1. The lowest BCUT2D eigenvalue weighted by Gasteiger charge is -2.31. The van der Waals surface area contributed by atoms with Crippen LogP contribution in [0.3, 0.4) is 0 Å². The van der Waals surface area contributed by atoms with Crippen LogP contribution in [0.5, 0.6) is 5.75 Å². The van der Waals surface area contributed by atoms with Gasteiger partial charge in [0.25, 0.3) is 0 Å². The van der Waals surface area contributed by atoms with E-state index in [1.165, 1.54) is 15.4 Å². The maximum Gasteiger partial charge on any atom is 0.387 e. The van der Waals surface area contributed by atoms with E-state index in [9.17, 15) is 13.2 Å². The molecule has 0 atom stereocenters. The van der Waals surface area contributed by atoms with Gasteiger partial charge in [-0.05, 0) is 93.7 Å². The highest BCUT2D eigenvalue weighted by atomic mass is 32.2. The quantitative estimate of drug-likeness (QED) is 0.524. The van der Waals surface area contributed by atoms with Crippen LogP contribution in [0.15, 0.2) is 42.5 Å². The number of carbonyl (C=O) groups is 1. The van der Waals surface area contributed by atoms with Gasteiger partial charge in [0, 0.05) is 26.3 Å². The van der Waals surface area contributed by atoms with Gasteiger partial charge in [0.05, 0.1) is 5.92 Å². The molecule has 2 fully saturated rings. The molecule has 0 N–H and O–H groups in total. The monoisotopic (exact) mass is 515 g/mol. The number of carbonyl (C=O) groups excluding carboxylic acids is 1. The Morgan fingerprint density at radius 3 is 2.33 bits per heavy atom. The van der Waals surface area contributed by atoms with Crippen molar-refractivity contribution in [2.24, 2.45) is 5.92 Å². The molecule has 0 saturated carbocycles. The second-order valence-electron chi connectivity index (χ2n) is 10.7. The topological polar surface area (TPSA) is 82.1 Å². The van der Waals surface area contributed by atoms with E-state index >= 15 is 0 Å². The fourth-order valence-corrected chi connectivity index (χ4v) is 6.02. The highest BCUT2D eigenvalue weighted by Gasteiger charge is 2.34. The average molecular weight is 516 g/mol. The molecule has 2 aliphatic rings. The highest BCUT2D eigenvalue weighted by molar-refractivity contribution is 7.84. The third kappa shape index (κ3) is 6.66. The Morgan fingerprint density at radius 1 is 1.00 bits per heavy atom. The molecule has 8 heteroatoms. The molecule has 4 rings (SSSR count). The van der Waals surface area contributed by atoms with Crippen molar-refractivity contribution in [1.29, 1.82) is 0 Å². The minimum atomic E-state index is -4.07. The van der Waals surface area contributed by atoms with E-state index in [1.54, 1.807) is 0 Å². The predicted octanol–water partition coefficient (Wildman–Crippen LogP) is 5.23. The van der Waals surface area contributed by atoms with Gasteiger partial charge in [-0.2, -0.15) is 12.7 Å². The Morgan fingerprint density at radius 2 is 1.69 bits per heavy atom. The van der Waals surface area contributed by atoms with Crippen LogP contribution in [-0.4, -0.2) is 50.6 Å². The largest absolute Gasteiger partial charge is 0.488 e. The van der Waals surface area contributed by atoms with Crippen molar-refractivity contribution in [1.82, 2.24) is 4.31 Å². The number of aryl methyl sites for hydroxylation is 1. The summed E-state index contributed by atoms with van der Waals surface area (Å²) in [5.74, 6) is 0.0254. The first-order valence-electron chi connectivity index (χ1n) is 12.7. The zero-order valence-electron chi connectivity index (χ0n) is 21.7. The summed E-state index contributed by atoms with van der Waals surface area (Å²) in [4.78, 5) is 12.3. The van der Waals surface area contributed by atoms with E-state index in [0.717, 1.165) is 16.9 Å². The highest BCUT2D eigenvalue weighted by Crippen LogP contribution is 2.34. The van der Waals surface area contributed by atoms with Gasteiger partial charge in [-0.25, -0.2) is 0 Å². The summed E-state index contributed by atoms with van der Waals surface area (Å²) in [6.45, 7) is 9.79. The van der Waals surface area contributed by atoms with Crippen molar-refractivity contribution in [2.45, 2.75) is 64.9 Å². The molecule has 0 bridgehead atoms. The van der Waals surface area contributed by atoms with E-state index in [-0.39, 0.29) is 11.5 Å². The van der Waals surface area contributed by atoms with Crippen LogP contribution in [0.2, 0.25) is 0 Å². The first kappa shape index (κ1) is 26.6. The van der Waals surface area contributed by atoms with Crippen LogP contribution in [0, 0.1) is 12.8 Å². The third-order valence-corrected chi connectivity index (χ3v) is 8.18. The van der Waals surface area contributed by atoms with Gasteiger partial charge in [-0.15, -0.1) is 0 Å². The summed E-state index contributed by atoms with van der Waals surface area (Å²) < 4.78 is 42.9. The van der Waals surface area contributed by atoms with Crippen LogP contribution in [-0.2, 0) is 24.0 Å².